The highest BCUT2D eigenvalue weighted by Crippen LogP contribution is 2.36. The first-order valence-corrected chi connectivity index (χ1v) is 6.40. The molecule has 0 aliphatic rings. The molecular formula is C15H15F2NO3. The topological polar surface area (TPSA) is 72.5 Å². The largest absolute Gasteiger partial charge is 0.507 e. The molecule has 2 aromatic rings. The highest BCUT2D eigenvalue weighted by molar-refractivity contribution is 5.92. The fraction of sp³-hybridized carbons (Fsp3) is 0.267. The minimum Gasteiger partial charge on any atom is -0.507 e. The third-order valence-corrected chi connectivity index (χ3v) is 3.21. The van der Waals surface area contributed by atoms with Crippen molar-refractivity contribution >= 4 is 16.7 Å². The van der Waals surface area contributed by atoms with Crippen molar-refractivity contribution < 1.29 is 23.4 Å². The summed E-state index contributed by atoms with van der Waals surface area (Å²) >= 11 is 0. The molecule has 0 radical (unpaired) electrons. The van der Waals surface area contributed by atoms with E-state index in [-0.39, 0.29) is 17.9 Å². The number of halogens is 2. The van der Waals surface area contributed by atoms with Gasteiger partial charge in [0, 0.05) is 5.39 Å². The summed E-state index contributed by atoms with van der Waals surface area (Å²) in [6.07, 6.45) is 0. The van der Waals surface area contributed by atoms with Gasteiger partial charge in [-0.05, 0) is 23.9 Å². The predicted octanol–water partition coefficient (Wildman–Crippen LogP) is 2.74. The SMILES string of the molecule is CCOC(=O)C(F)(F)[C@H](N)c1ccc(O)c2ccccc12. The van der Waals surface area contributed by atoms with Gasteiger partial charge in [0.05, 0.1) is 6.61 Å². The molecule has 6 heteroatoms. The Kier molecular flexibility index (Phi) is 4.09. The molecule has 0 unspecified atom stereocenters. The van der Waals surface area contributed by atoms with E-state index in [9.17, 15) is 18.7 Å². The summed E-state index contributed by atoms with van der Waals surface area (Å²) in [7, 11) is 0. The van der Waals surface area contributed by atoms with E-state index in [1.165, 1.54) is 19.1 Å². The van der Waals surface area contributed by atoms with Gasteiger partial charge in [-0.15, -0.1) is 0 Å². The molecule has 4 nitrogen and oxygen atoms in total. The van der Waals surface area contributed by atoms with Gasteiger partial charge in [-0.3, -0.25) is 0 Å². The van der Waals surface area contributed by atoms with E-state index in [0.29, 0.717) is 10.8 Å². The summed E-state index contributed by atoms with van der Waals surface area (Å²) in [6.45, 7) is 1.28. The number of phenols is 1. The number of aromatic hydroxyl groups is 1. The number of alkyl halides is 2. The second kappa shape index (κ2) is 5.65. The first-order valence-electron chi connectivity index (χ1n) is 6.40. The van der Waals surface area contributed by atoms with E-state index in [4.69, 9.17) is 5.73 Å². The maximum atomic E-state index is 14.0. The van der Waals surface area contributed by atoms with E-state index in [1.54, 1.807) is 24.3 Å². The smallest absolute Gasteiger partial charge is 0.379 e. The number of hydrogen-bond donors (Lipinski definition) is 2. The normalized spacial score (nSPS) is 13.1. The maximum Gasteiger partial charge on any atom is 0.379 e. The van der Waals surface area contributed by atoms with Crippen LogP contribution in [-0.4, -0.2) is 23.6 Å². The molecule has 3 N–H and O–H groups in total. The van der Waals surface area contributed by atoms with Crippen molar-refractivity contribution in [3.63, 3.8) is 0 Å². The molecule has 0 bridgehead atoms. The average molecular weight is 295 g/mol. The zero-order chi connectivity index (χ0) is 15.6. The Balaban J connectivity index is 2.51. The van der Waals surface area contributed by atoms with Crippen LogP contribution in [0.15, 0.2) is 36.4 Å². The van der Waals surface area contributed by atoms with Crippen LogP contribution in [0.3, 0.4) is 0 Å². The zero-order valence-corrected chi connectivity index (χ0v) is 11.3. The highest BCUT2D eigenvalue weighted by Gasteiger charge is 2.48. The van der Waals surface area contributed by atoms with Crippen molar-refractivity contribution in [2.45, 2.75) is 18.9 Å². The Morgan fingerprint density at radius 3 is 2.52 bits per heavy atom. The Hall–Kier alpha value is -2.21. The molecule has 21 heavy (non-hydrogen) atoms. The molecule has 0 aliphatic heterocycles. The first-order chi connectivity index (χ1) is 9.89. The summed E-state index contributed by atoms with van der Waals surface area (Å²) < 4.78 is 32.5. The number of carbonyl (C=O) groups excluding carboxylic acids is 1. The Morgan fingerprint density at radius 2 is 1.90 bits per heavy atom. The molecule has 0 saturated heterocycles. The molecule has 0 heterocycles. The van der Waals surface area contributed by atoms with Gasteiger partial charge in [-0.25, -0.2) is 4.79 Å². The molecule has 112 valence electrons. The molecule has 0 aliphatic carbocycles. The van der Waals surface area contributed by atoms with Crippen LogP contribution < -0.4 is 5.73 Å². The lowest BCUT2D eigenvalue weighted by Gasteiger charge is -2.23. The molecule has 0 spiro atoms. The summed E-state index contributed by atoms with van der Waals surface area (Å²) in [5, 5.41) is 10.5. The lowest BCUT2D eigenvalue weighted by atomic mass is 9.95. The van der Waals surface area contributed by atoms with Gasteiger partial charge in [-0.1, -0.05) is 30.3 Å². The van der Waals surface area contributed by atoms with Crippen LogP contribution in [0.25, 0.3) is 10.8 Å². The van der Waals surface area contributed by atoms with E-state index in [1.807, 2.05) is 0 Å². The van der Waals surface area contributed by atoms with Gasteiger partial charge in [0.2, 0.25) is 0 Å². The molecule has 0 aromatic heterocycles. The monoisotopic (exact) mass is 295 g/mol. The molecule has 0 amide bonds. The van der Waals surface area contributed by atoms with Gasteiger partial charge < -0.3 is 15.6 Å². The minimum atomic E-state index is -3.85. The third kappa shape index (κ3) is 2.67. The van der Waals surface area contributed by atoms with Crippen LogP contribution in [0, 0.1) is 0 Å². The van der Waals surface area contributed by atoms with Crippen molar-refractivity contribution in [1.82, 2.24) is 0 Å². The lowest BCUT2D eigenvalue weighted by Crippen LogP contribution is -2.41. The minimum absolute atomic E-state index is 0.0407. The van der Waals surface area contributed by atoms with Crippen LogP contribution in [0.5, 0.6) is 5.75 Å². The number of carbonyl (C=O) groups is 1. The molecule has 1 atom stereocenters. The average Bonchev–Trinajstić information content (AvgIpc) is 2.47. The molecule has 0 saturated carbocycles. The van der Waals surface area contributed by atoms with E-state index >= 15 is 0 Å². The number of phenolic OH excluding ortho intramolecular Hbond substituents is 1. The maximum absolute atomic E-state index is 14.0. The van der Waals surface area contributed by atoms with E-state index < -0.39 is 17.9 Å². The van der Waals surface area contributed by atoms with Crippen LogP contribution in [0.4, 0.5) is 8.78 Å². The number of rotatable bonds is 4. The first kappa shape index (κ1) is 15.2. The van der Waals surface area contributed by atoms with E-state index in [2.05, 4.69) is 4.74 Å². The quantitative estimate of drug-likeness (QED) is 0.851. The fourth-order valence-corrected chi connectivity index (χ4v) is 2.13. The zero-order valence-electron chi connectivity index (χ0n) is 11.3. The van der Waals surface area contributed by atoms with Gasteiger partial charge in [0.15, 0.2) is 0 Å². The Labute approximate surface area is 120 Å². The fourth-order valence-electron chi connectivity index (χ4n) is 2.13. The van der Waals surface area contributed by atoms with Crippen LogP contribution in [0.2, 0.25) is 0 Å². The molecule has 2 aromatic carbocycles. The summed E-state index contributed by atoms with van der Waals surface area (Å²) in [5.74, 6) is -5.55. The van der Waals surface area contributed by atoms with Crippen molar-refractivity contribution in [1.29, 1.82) is 0 Å². The number of ether oxygens (including phenoxy) is 1. The third-order valence-electron chi connectivity index (χ3n) is 3.21. The van der Waals surface area contributed by atoms with Gasteiger partial charge in [0.25, 0.3) is 0 Å². The van der Waals surface area contributed by atoms with Gasteiger partial charge in [-0.2, -0.15) is 8.78 Å². The number of esters is 1. The number of hydrogen-bond acceptors (Lipinski definition) is 4. The second-order valence-corrected chi connectivity index (χ2v) is 4.54. The van der Waals surface area contributed by atoms with Crippen LogP contribution in [-0.2, 0) is 9.53 Å². The number of benzene rings is 2. The number of nitrogens with two attached hydrogens (primary N) is 1. The van der Waals surface area contributed by atoms with Crippen molar-refractivity contribution in [3.8, 4) is 5.75 Å². The summed E-state index contributed by atoms with van der Waals surface area (Å²) in [5.41, 5.74) is 5.66. The Morgan fingerprint density at radius 1 is 1.29 bits per heavy atom. The van der Waals surface area contributed by atoms with Crippen molar-refractivity contribution in [2.75, 3.05) is 6.61 Å². The van der Waals surface area contributed by atoms with Gasteiger partial charge in [0.1, 0.15) is 11.8 Å². The van der Waals surface area contributed by atoms with Crippen LogP contribution >= 0.6 is 0 Å². The molecule has 2 rings (SSSR count). The van der Waals surface area contributed by atoms with E-state index in [0.717, 1.165) is 0 Å². The van der Waals surface area contributed by atoms with Crippen molar-refractivity contribution in [3.05, 3.63) is 42.0 Å². The standard InChI is InChI=1S/C15H15F2NO3/c1-2-21-14(20)15(16,17)13(18)11-7-8-12(19)10-6-4-3-5-9(10)11/h3-8,13,19H,2,18H2,1H3/t13-/m1/s1. The van der Waals surface area contributed by atoms with Crippen LogP contribution in [0.1, 0.15) is 18.5 Å². The highest BCUT2D eigenvalue weighted by atomic mass is 19.3. The molecule has 0 fully saturated rings. The van der Waals surface area contributed by atoms with Crippen molar-refractivity contribution in [2.24, 2.45) is 5.73 Å². The second-order valence-electron chi connectivity index (χ2n) is 4.54. The summed E-state index contributed by atoms with van der Waals surface area (Å²) in [6, 6.07) is 7.16. The van der Waals surface area contributed by atoms with Gasteiger partial charge >= 0.3 is 11.9 Å². The Bertz CT molecular complexity index is 673. The predicted molar refractivity (Wildman–Crippen MR) is 74.1 cm³/mol. The summed E-state index contributed by atoms with van der Waals surface area (Å²) in [4.78, 5) is 11.4. The molecular weight excluding hydrogens is 280 g/mol. The number of fused-ring (bicyclic) bond motifs is 1. The lowest BCUT2D eigenvalue weighted by molar-refractivity contribution is -0.174.